The number of anilines is 1. The molecular weight excluding hydrogens is 447 g/mol. The zero-order valence-corrected chi connectivity index (χ0v) is 17.9. The van der Waals surface area contributed by atoms with E-state index in [2.05, 4.69) is 15.0 Å². The SMILES string of the molecule is [2H]C([2H])(Oc1nc(N2CCCO[C@H]3[C@H](F)[C@H]32)c2cnc(Cl)c(F)c2n1)[C@@]12CCCN1C[C@H](F)C2. The highest BCUT2D eigenvalue weighted by molar-refractivity contribution is 6.30. The maximum Gasteiger partial charge on any atom is 0.319 e. The Balaban J connectivity index is 1.44. The fraction of sp³-hybridized carbons (Fsp3) is 0.667. The summed E-state index contributed by atoms with van der Waals surface area (Å²) in [5.41, 5.74) is -1.37. The van der Waals surface area contributed by atoms with E-state index < -0.39 is 53.6 Å². The Morgan fingerprint density at radius 3 is 3.06 bits per heavy atom. The number of hydrogen-bond donors (Lipinski definition) is 0. The van der Waals surface area contributed by atoms with E-state index in [1.807, 2.05) is 0 Å². The largest absolute Gasteiger partial charge is 0.461 e. The second-order valence-electron chi connectivity index (χ2n) is 8.86. The number of pyridine rings is 1. The van der Waals surface area contributed by atoms with Crippen LogP contribution in [0.3, 0.4) is 0 Å². The molecular formula is C21H23ClF3N5O2. The Morgan fingerprint density at radius 2 is 2.19 bits per heavy atom. The zero-order valence-electron chi connectivity index (χ0n) is 19.1. The maximum absolute atomic E-state index is 15.0. The van der Waals surface area contributed by atoms with Crippen LogP contribution in [0.1, 0.15) is 28.4 Å². The average molecular weight is 472 g/mol. The summed E-state index contributed by atoms with van der Waals surface area (Å²) in [5.74, 6) is -0.733. The van der Waals surface area contributed by atoms with E-state index in [4.69, 9.17) is 23.8 Å². The van der Waals surface area contributed by atoms with Gasteiger partial charge in [-0.15, -0.1) is 0 Å². The van der Waals surface area contributed by atoms with Crippen LogP contribution in [0.2, 0.25) is 5.15 Å². The number of ether oxygens (including phenoxy) is 2. The summed E-state index contributed by atoms with van der Waals surface area (Å²) in [6, 6.07) is -1.02. The number of nitrogens with zero attached hydrogens (tertiary/aromatic N) is 5. The molecule has 32 heavy (non-hydrogen) atoms. The molecule has 0 amide bonds. The van der Waals surface area contributed by atoms with Gasteiger partial charge < -0.3 is 14.4 Å². The molecule has 0 aromatic carbocycles. The number of alkyl halides is 2. The molecule has 1 aliphatic carbocycles. The average Bonchev–Trinajstić information content (AvgIpc) is 3.14. The lowest BCUT2D eigenvalue weighted by Gasteiger charge is -2.31. The van der Waals surface area contributed by atoms with Crippen molar-refractivity contribution < 1.29 is 25.4 Å². The highest BCUT2D eigenvalue weighted by atomic mass is 35.5. The lowest BCUT2D eigenvalue weighted by molar-refractivity contribution is 0.105. The maximum atomic E-state index is 15.0. The van der Waals surface area contributed by atoms with Gasteiger partial charge in [0.1, 0.15) is 30.2 Å². The van der Waals surface area contributed by atoms with Crippen molar-refractivity contribution in [2.24, 2.45) is 0 Å². The molecule has 0 N–H and O–H groups in total. The predicted molar refractivity (Wildman–Crippen MR) is 111 cm³/mol. The number of aromatic nitrogens is 3. The van der Waals surface area contributed by atoms with Gasteiger partial charge in [-0.25, -0.2) is 18.2 Å². The highest BCUT2D eigenvalue weighted by Crippen LogP contribution is 2.43. The van der Waals surface area contributed by atoms with Crippen molar-refractivity contribution in [3.05, 3.63) is 17.2 Å². The first-order valence-electron chi connectivity index (χ1n) is 11.8. The summed E-state index contributed by atoms with van der Waals surface area (Å²) < 4.78 is 72.4. The fourth-order valence-corrected chi connectivity index (χ4v) is 5.43. The highest BCUT2D eigenvalue weighted by Gasteiger charge is 2.58. The molecule has 0 radical (unpaired) electrons. The van der Waals surface area contributed by atoms with Crippen LogP contribution in [0, 0.1) is 5.82 Å². The second-order valence-corrected chi connectivity index (χ2v) is 9.22. The topological polar surface area (TPSA) is 63.6 Å². The molecule has 3 saturated heterocycles. The quantitative estimate of drug-likeness (QED) is 0.635. The normalized spacial score (nSPS) is 35.8. The van der Waals surface area contributed by atoms with Crippen molar-refractivity contribution >= 4 is 28.3 Å². The molecule has 1 saturated carbocycles. The van der Waals surface area contributed by atoms with Gasteiger partial charge in [0.25, 0.3) is 0 Å². The van der Waals surface area contributed by atoms with Gasteiger partial charge in [-0.1, -0.05) is 11.6 Å². The summed E-state index contributed by atoms with van der Waals surface area (Å²) in [4.78, 5) is 15.8. The molecule has 0 bridgehead atoms. The monoisotopic (exact) mass is 471 g/mol. The molecule has 6 rings (SSSR count). The summed E-state index contributed by atoms with van der Waals surface area (Å²) in [5, 5.41) is -0.200. The van der Waals surface area contributed by atoms with Crippen LogP contribution in [0.5, 0.6) is 6.01 Å². The summed E-state index contributed by atoms with van der Waals surface area (Å²) in [6.07, 6.45) is 0.0260. The Morgan fingerprint density at radius 1 is 1.31 bits per heavy atom. The molecule has 4 fully saturated rings. The Bertz CT molecular complexity index is 1150. The smallest absolute Gasteiger partial charge is 0.319 e. The Hall–Kier alpha value is -1.91. The van der Waals surface area contributed by atoms with Gasteiger partial charge in [0.15, 0.2) is 17.1 Å². The molecule has 5 heterocycles. The first kappa shape index (κ1) is 18.5. The van der Waals surface area contributed by atoms with Crippen molar-refractivity contribution in [3.8, 4) is 6.01 Å². The molecule has 0 unspecified atom stereocenters. The first-order valence-corrected chi connectivity index (χ1v) is 11.2. The van der Waals surface area contributed by atoms with Gasteiger partial charge in [-0.05, 0) is 25.8 Å². The number of fused-ring (bicyclic) bond motifs is 3. The standard InChI is InChI=1S/C21H23ClF3N5O2/c22-18-13(24)15-12(8-26-18)19(30-5-2-6-31-17-14(25)16(17)30)28-20(27-15)32-10-21-3-1-4-29(21)9-11(23)7-21/h8,11,14,16-17H,1-7,9-10H2/t11-,14-,16-,17+,21+/m1/s1/i10D2. The third kappa shape index (κ3) is 3.21. The van der Waals surface area contributed by atoms with Gasteiger partial charge in [-0.2, -0.15) is 9.97 Å². The molecule has 2 aromatic rings. The van der Waals surface area contributed by atoms with Gasteiger partial charge >= 0.3 is 6.01 Å². The van der Waals surface area contributed by atoms with Crippen LogP contribution in [0.15, 0.2) is 6.20 Å². The molecule has 7 nitrogen and oxygen atoms in total. The minimum Gasteiger partial charge on any atom is -0.461 e. The minimum atomic E-state index is -2.35. The Labute approximate surface area is 190 Å². The van der Waals surface area contributed by atoms with Gasteiger partial charge in [0.2, 0.25) is 0 Å². The van der Waals surface area contributed by atoms with Crippen molar-refractivity contribution in [1.82, 2.24) is 19.9 Å². The van der Waals surface area contributed by atoms with Crippen LogP contribution < -0.4 is 9.64 Å². The fourth-order valence-electron chi connectivity index (χ4n) is 5.29. The van der Waals surface area contributed by atoms with Gasteiger partial charge in [-0.3, -0.25) is 4.90 Å². The lowest BCUT2D eigenvalue weighted by Crippen LogP contribution is -2.43. The van der Waals surface area contributed by atoms with Crippen molar-refractivity contribution in [3.63, 3.8) is 0 Å². The first-order chi connectivity index (χ1) is 16.2. The molecule has 172 valence electrons. The van der Waals surface area contributed by atoms with E-state index in [1.54, 1.807) is 9.80 Å². The van der Waals surface area contributed by atoms with Crippen molar-refractivity contribution in [2.75, 3.05) is 37.7 Å². The van der Waals surface area contributed by atoms with E-state index in [1.165, 1.54) is 6.20 Å². The van der Waals surface area contributed by atoms with E-state index in [0.29, 0.717) is 39.0 Å². The summed E-state index contributed by atoms with van der Waals surface area (Å²) in [6.45, 7) is -0.871. The second kappa shape index (κ2) is 7.56. The van der Waals surface area contributed by atoms with Crippen molar-refractivity contribution in [1.29, 1.82) is 0 Å². The van der Waals surface area contributed by atoms with Crippen LogP contribution in [-0.2, 0) is 4.74 Å². The molecule has 11 heteroatoms. The van der Waals surface area contributed by atoms with E-state index >= 15 is 0 Å². The zero-order chi connectivity index (χ0) is 23.8. The van der Waals surface area contributed by atoms with E-state index in [0.717, 1.165) is 0 Å². The van der Waals surface area contributed by atoms with Gasteiger partial charge in [0.05, 0.1) is 19.7 Å². The van der Waals surface area contributed by atoms with Crippen molar-refractivity contribution in [2.45, 2.75) is 55.7 Å². The lowest BCUT2D eigenvalue weighted by atomic mass is 9.95. The van der Waals surface area contributed by atoms with Gasteiger partial charge in [0, 0.05) is 32.3 Å². The van der Waals surface area contributed by atoms with Crippen LogP contribution in [0.25, 0.3) is 10.9 Å². The summed E-state index contributed by atoms with van der Waals surface area (Å²) in [7, 11) is 0. The Kier molecular flexibility index (Phi) is 4.37. The van der Waals surface area contributed by atoms with Crippen LogP contribution in [-0.4, -0.2) is 82.7 Å². The van der Waals surface area contributed by atoms with E-state index in [9.17, 15) is 13.2 Å². The number of halogens is 4. The van der Waals surface area contributed by atoms with Crippen LogP contribution >= 0.6 is 11.6 Å². The molecule has 2 aromatic heterocycles. The number of hydrogen-bond acceptors (Lipinski definition) is 7. The third-order valence-electron chi connectivity index (χ3n) is 6.86. The molecule has 0 spiro atoms. The third-order valence-corrected chi connectivity index (χ3v) is 7.12. The molecule has 4 aliphatic rings. The molecule has 3 aliphatic heterocycles. The number of rotatable bonds is 4. The van der Waals surface area contributed by atoms with Crippen LogP contribution in [0.4, 0.5) is 19.0 Å². The predicted octanol–water partition coefficient (Wildman–Crippen LogP) is 3.09. The summed E-state index contributed by atoms with van der Waals surface area (Å²) >= 11 is 5.89. The van der Waals surface area contributed by atoms with E-state index in [-0.39, 0.29) is 29.7 Å². The molecule has 5 atom stereocenters. The minimum absolute atomic E-state index is 0.0126.